The van der Waals surface area contributed by atoms with Crippen molar-refractivity contribution >= 4 is 29.2 Å². The summed E-state index contributed by atoms with van der Waals surface area (Å²) in [5, 5.41) is 22.9. The first-order chi connectivity index (χ1) is 9.85. The Balaban J connectivity index is 2.34. The summed E-state index contributed by atoms with van der Waals surface area (Å²) in [7, 11) is 0. The van der Waals surface area contributed by atoms with Gasteiger partial charge in [-0.15, -0.1) is 0 Å². The zero-order valence-electron chi connectivity index (χ0n) is 11.0. The van der Waals surface area contributed by atoms with Crippen LogP contribution in [-0.4, -0.2) is 27.4 Å². The number of hydrogen-bond acceptors (Lipinski definition) is 4. The van der Waals surface area contributed by atoms with Crippen LogP contribution in [0, 0.1) is 10.1 Å². The molecule has 0 spiro atoms. The molecule has 0 atom stereocenters. The topological polar surface area (TPSA) is 110 Å². The van der Waals surface area contributed by atoms with Gasteiger partial charge in [-0.2, -0.15) is 0 Å². The van der Waals surface area contributed by atoms with E-state index in [1.165, 1.54) is 12.1 Å². The Kier molecular flexibility index (Phi) is 4.13. The maximum atomic E-state index is 12.3. The summed E-state index contributed by atoms with van der Waals surface area (Å²) in [6.07, 6.45) is 1.99. The summed E-state index contributed by atoms with van der Waals surface area (Å²) >= 11 is 5.76. The fraction of sp³-hybridized carbons (Fsp3) is 0.385. The van der Waals surface area contributed by atoms with Crippen LogP contribution in [0.5, 0.6) is 0 Å². The van der Waals surface area contributed by atoms with Gasteiger partial charge in [0.1, 0.15) is 11.1 Å². The minimum atomic E-state index is -1.35. The van der Waals surface area contributed by atoms with E-state index >= 15 is 0 Å². The number of aliphatic carboxylic acids is 1. The van der Waals surface area contributed by atoms with Crippen molar-refractivity contribution in [3.8, 4) is 0 Å². The van der Waals surface area contributed by atoms with Crippen LogP contribution in [0.4, 0.5) is 5.69 Å². The van der Waals surface area contributed by atoms with Crippen LogP contribution < -0.4 is 5.32 Å². The highest BCUT2D eigenvalue weighted by molar-refractivity contribution is 6.31. The van der Waals surface area contributed by atoms with Crippen LogP contribution in [0.2, 0.25) is 5.02 Å². The molecule has 1 aromatic rings. The van der Waals surface area contributed by atoms with E-state index in [-0.39, 0.29) is 10.6 Å². The van der Waals surface area contributed by atoms with Gasteiger partial charge in [-0.25, -0.2) is 4.79 Å². The minimum Gasteiger partial charge on any atom is -0.480 e. The molecule has 0 aromatic heterocycles. The zero-order valence-corrected chi connectivity index (χ0v) is 11.7. The highest BCUT2D eigenvalue weighted by Crippen LogP contribution is 2.31. The molecule has 1 amide bonds. The Bertz CT molecular complexity index is 611. The maximum absolute atomic E-state index is 12.3. The molecular formula is C13H13ClN2O5. The lowest BCUT2D eigenvalue weighted by molar-refractivity contribution is -0.385. The molecule has 0 bridgehead atoms. The first-order valence-electron chi connectivity index (χ1n) is 6.35. The molecule has 0 heterocycles. The van der Waals surface area contributed by atoms with E-state index in [0.717, 1.165) is 6.07 Å². The van der Waals surface area contributed by atoms with Crippen molar-refractivity contribution in [1.29, 1.82) is 0 Å². The Hall–Kier alpha value is -2.15. The predicted octanol–water partition coefficient (Wildman–Crippen LogP) is 2.38. The van der Waals surface area contributed by atoms with Crippen LogP contribution in [0.25, 0.3) is 0 Å². The molecule has 7 nitrogen and oxygen atoms in total. The van der Waals surface area contributed by atoms with Crippen molar-refractivity contribution in [2.24, 2.45) is 0 Å². The number of carboxylic acid groups (broad SMARTS) is 1. The molecule has 8 heteroatoms. The number of benzene rings is 1. The molecule has 2 N–H and O–H groups in total. The summed E-state index contributed by atoms with van der Waals surface area (Å²) in [6, 6.07) is 3.60. The van der Waals surface area contributed by atoms with E-state index in [0.29, 0.717) is 25.7 Å². The molecule has 112 valence electrons. The minimum absolute atomic E-state index is 0.168. The normalized spacial score (nSPS) is 16.4. The van der Waals surface area contributed by atoms with Gasteiger partial charge in [0.15, 0.2) is 0 Å². The van der Waals surface area contributed by atoms with E-state index in [2.05, 4.69) is 5.32 Å². The van der Waals surface area contributed by atoms with Crippen molar-refractivity contribution < 1.29 is 19.6 Å². The molecule has 0 radical (unpaired) electrons. The third-order valence-corrected chi connectivity index (χ3v) is 3.85. The molecule has 0 unspecified atom stereocenters. The number of halogens is 1. The number of amides is 1. The van der Waals surface area contributed by atoms with Crippen LogP contribution >= 0.6 is 11.6 Å². The first kappa shape index (κ1) is 15.2. The second-order valence-electron chi connectivity index (χ2n) is 4.97. The molecular weight excluding hydrogens is 300 g/mol. The van der Waals surface area contributed by atoms with Gasteiger partial charge >= 0.3 is 5.97 Å². The predicted molar refractivity (Wildman–Crippen MR) is 74.4 cm³/mol. The highest BCUT2D eigenvalue weighted by Gasteiger charge is 2.43. The second kappa shape index (κ2) is 5.69. The molecule has 1 fully saturated rings. The van der Waals surface area contributed by atoms with E-state index in [1.54, 1.807) is 0 Å². The summed E-state index contributed by atoms with van der Waals surface area (Å²) in [5.74, 6) is -1.92. The van der Waals surface area contributed by atoms with Crippen LogP contribution in [0.15, 0.2) is 18.2 Å². The number of nitro benzene ring substituents is 1. The van der Waals surface area contributed by atoms with Crippen molar-refractivity contribution in [2.75, 3.05) is 0 Å². The summed E-state index contributed by atoms with van der Waals surface area (Å²) in [5.41, 5.74) is -2.00. The van der Waals surface area contributed by atoms with E-state index < -0.39 is 28.0 Å². The fourth-order valence-corrected chi connectivity index (χ4v) is 2.68. The van der Waals surface area contributed by atoms with E-state index in [4.69, 9.17) is 11.6 Å². The Labute approximate surface area is 125 Å². The lowest BCUT2D eigenvalue weighted by Gasteiger charge is -2.25. The molecule has 0 aliphatic heterocycles. The van der Waals surface area contributed by atoms with Crippen molar-refractivity contribution in [3.05, 3.63) is 38.9 Å². The fourth-order valence-electron chi connectivity index (χ4n) is 2.50. The lowest BCUT2D eigenvalue weighted by Crippen LogP contribution is -2.52. The SMILES string of the molecule is O=C(NC1(C(=O)O)CCCC1)c1cc(Cl)ccc1[N+](=O)[O-]. The number of carbonyl (C=O) groups excluding carboxylic acids is 1. The molecule has 1 aliphatic rings. The van der Waals surface area contributed by atoms with E-state index in [1.807, 2.05) is 0 Å². The zero-order chi connectivity index (χ0) is 15.6. The first-order valence-corrected chi connectivity index (χ1v) is 6.73. The number of carbonyl (C=O) groups is 2. The van der Waals surface area contributed by atoms with Crippen molar-refractivity contribution in [1.82, 2.24) is 5.32 Å². The second-order valence-corrected chi connectivity index (χ2v) is 5.40. The van der Waals surface area contributed by atoms with Crippen LogP contribution in [0.1, 0.15) is 36.0 Å². The summed E-state index contributed by atoms with van der Waals surface area (Å²) in [4.78, 5) is 33.9. The molecule has 0 saturated heterocycles. The van der Waals surface area contributed by atoms with Gasteiger partial charge in [-0.05, 0) is 25.0 Å². The largest absolute Gasteiger partial charge is 0.480 e. The number of nitro groups is 1. The van der Waals surface area contributed by atoms with Gasteiger partial charge in [0.2, 0.25) is 0 Å². The summed E-state index contributed by atoms with van der Waals surface area (Å²) < 4.78 is 0. The third kappa shape index (κ3) is 2.97. The number of nitrogens with one attached hydrogen (secondary N) is 1. The highest BCUT2D eigenvalue weighted by atomic mass is 35.5. The lowest BCUT2D eigenvalue weighted by atomic mass is 9.97. The van der Waals surface area contributed by atoms with Gasteiger partial charge in [0.05, 0.1) is 4.92 Å². The van der Waals surface area contributed by atoms with Gasteiger partial charge in [0.25, 0.3) is 11.6 Å². The van der Waals surface area contributed by atoms with Crippen molar-refractivity contribution in [3.63, 3.8) is 0 Å². The molecule has 21 heavy (non-hydrogen) atoms. The molecule has 2 rings (SSSR count). The average molecular weight is 313 g/mol. The molecule has 1 saturated carbocycles. The van der Waals surface area contributed by atoms with Gasteiger partial charge in [-0.1, -0.05) is 24.4 Å². The van der Waals surface area contributed by atoms with E-state index in [9.17, 15) is 24.8 Å². The smallest absolute Gasteiger partial charge is 0.329 e. The summed E-state index contributed by atoms with van der Waals surface area (Å²) in [6.45, 7) is 0. The Morgan fingerprint density at radius 1 is 1.33 bits per heavy atom. The van der Waals surface area contributed by atoms with Gasteiger partial charge in [0, 0.05) is 11.1 Å². The average Bonchev–Trinajstić information content (AvgIpc) is 2.88. The van der Waals surface area contributed by atoms with Gasteiger partial charge in [-0.3, -0.25) is 14.9 Å². The van der Waals surface area contributed by atoms with Crippen LogP contribution in [-0.2, 0) is 4.79 Å². The number of carboxylic acids is 1. The Morgan fingerprint density at radius 2 is 1.95 bits per heavy atom. The standard InChI is InChI=1S/C13H13ClN2O5/c14-8-3-4-10(16(20)21)9(7-8)11(17)15-13(12(18)19)5-1-2-6-13/h3-4,7H,1-2,5-6H2,(H,15,17)(H,18,19). The number of hydrogen-bond donors (Lipinski definition) is 2. The van der Waals surface area contributed by atoms with Crippen molar-refractivity contribution in [2.45, 2.75) is 31.2 Å². The quantitative estimate of drug-likeness (QED) is 0.655. The monoisotopic (exact) mass is 312 g/mol. The van der Waals surface area contributed by atoms with Crippen LogP contribution in [0.3, 0.4) is 0 Å². The number of rotatable bonds is 4. The number of nitrogens with zero attached hydrogens (tertiary/aromatic N) is 1. The molecule has 1 aliphatic carbocycles. The maximum Gasteiger partial charge on any atom is 0.329 e. The van der Waals surface area contributed by atoms with Gasteiger partial charge < -0.3 is 10.4 Å². The third-order valence-electron chi connectivity index (χ3n) is 3.62. The molecule has 1 aromatic carbocycles. The Morgan fingerprint density at radius 3 is 2.48 bits per heavy atom.